The summed E-state index contributed by atoms with van der Waals surface area (Å²) in [6, 6.07) is 13.1. The van der Waals surface area contributed by atoms with Gasteiger partial charge < -0.3 is 15.0 Å². The van der Waals surface area contributed by atoms with E-state index in [1.165, 1.54) is 12.5 Å². The summed E-state index contributed by atoms with van der Waals surface area (Å²) in [6.07, 6.45) is 0.222. The van der Waals surface area contributed by atoms with E-state index in [2.05, 4.69) is 5.32 Å². The lowest BCUT2D eigenvalue weighted by Gasteiger charge is -2.22. The van der Waals surface area contributed by atoms with Crippen LogP contribution in [0.5, 0.6) is 5.75 Å². The Morgan fingerprint density at radius 2 is 1.73 bits per heavy atom. The van der Waals surface area contributed by atoms with Crippen molar-refractivity contribution in [2.45, 2.75) is 34.1 Å². The fourth-order valence-electron chi connectivity index (χ4n) is 2.60. The van der Waals surface area contributed by atoms with Crippen molar-refractivity contribution in [3.8, 4) is 5.75 Å². The van der Waals surface area contributed by atoms with Gasteiger partial charge in [0.15, 0.2) is 0 Å². The van der Waals surface area contributed by atoms with Gasteiger partial charge in [0, 0.05) is 31.3 Å². The fourth-order valence-corrected chi connectivity index (χ4v) is 2.60. The molecule has 2 aromatic rings. The van der Waals surface area contributed by atoms with Crippen molar-refractivity contribution in [3.05, 3.63) is 53.6 Å². The number of anilines is 2. The van der Waals surface area contributed by atoms with Crippen LogP contribution in [-0.2, 0) is 9.59 Å². The Hall–Kier alpha value is -2.82. The lowest BCUT2D eigenvalue weighted by molar-refractivity contribution is -0.117. The largest absolute Gasteiger partial charge is 0.494 e. The van der Waals surface area contributed by atoms with E-state index in [-0.39, 0.29) is 18.2 Å². The number of carbonyl (C=O) groups is 2. The molecule has 0 saturated carbocycles. The Kier molecular flexibility index (Phi) is 6.78. The first-order valence-electron chi connectivity index (χ1n) is 8.78. The third kappa shape index (κ3) is 5.34. The Labute approximate surface area is 155 Å². The number of carbonyl (C=O) groups excluding carboxylic acids is 2. The normalized spacial score (nSPS) is 10.3. The Bertz CT molecular complexity index is 769. The molecule has 0 aliphatic carbocycles. The van der Waals surface area contributed by atoms with Crippen LogP contribution in [0.25, 0.3) is 0 Å². The van der Waals surface area contributed by atoms with Crippen LogP contribution in [0.15, 0.2) is 42.5 Å². The van der Waals surface area contributed by atoms with Crippen LogP contribution in [0.4, 0.5) is 11.4 Å². The molecule has 1 N–H and O–H groups in total. The molecule has 0 fully saturated rings. The molecule has 0 heterocycles. The van der Waals surface area contributed by atoms with Gasteiger partial charge in [-0.2, -0.15) is 0 Å². The van der Waals surface area contributed by atoms with E-state index in [9.17, 15) is 9.59 Å². The first-order valence-corrected chi connectivity index (χ1v) is 8.78. The zero-order valence-electron chi connectivity index (χ0n) is 15.8. The van der Waals surface area contributed by atoms with Crippen LogP contribution in [0.1, 0.15) is 31.4 Å². The molecule has 2 aromatic carbocycles. The predicted molar refractivity (Wildman–Crippen MR) is 105 cm³/mol. The van der Waals surface area contributed by atoms with Gasteiger partial charge in [-0.25, -0.2) is 0 Å². The Morgan fingerprint density at radius 3 is 2.31 bits per heavy atom. The maximum atomic E-state index is 12.2. The second kappa shape index (κ2) is 9.04. The van der Waals surface area contributed by atoms with Crippen LogP contribution in [-0.4, -0.2) is 25.0 Å². The summed E-state index contributed by atoms with van der Waals surface area (Å²) < 4.78 is 5.38. The highest BCUT2D eigenvalue weighted by atomic mass is 16.5. The van der Waals surface area contributed by atoms with Crippen LogP contribution in [0.2, 0.25) is 0 Å². The number of nitrogens with one attached hydrogen (secondary N) is 1. The average molecular weight is 354 g/mol. The summed E-state index contributed by atoms with van der Waals surface area (Å²) in [6.45, 7) is 8.41. The number of nitrogens with zero attached hydrogens (tertiary/aromatic N) is 1. The van der Waals surface area contributed by atoms with E-state index in [1.807, 2.05) is 51.1 Å². The molecule has 0 bridgehead atoms. The van der Waals surface area contributed by atoms with Crippen molar-refractivity contribution in [2.24, 2.45) is 0 Å². The van der Waals surface area contributed by atoms with Crippen LogP contribution in [0, 0.1) is 13.8 Å². The molecule has 2 rings (SSSR count). The number of ether oxygens (including phenoxy) is 1. The Morgan fingerprint density at radius 1 is 1.04 bits per heavy atom. The molecule has 2 amide bonds. The lowest BCUT2D eigenvalue weighted by atomic mass is 10.1. The van der Waals surface area contributed by atoms with Gasteiger partial charge in [0.1, 0.15) is 5.75 Å². The van der Waals surface area contributed by atoms with E-state index in [4.69, 9.17) is 4.74 Å². The number of hydrogen-bond donors (Lipinski definition) is 1. The molecule has 0 atom stereocenters. The second-order valence-electron chi connectivity index (χ2n) is 6.19. The molecule has 0 spiro atoms. The molecule has 0 aromatic heterocycles. The van der Waals surface area contributed by atoms with Gasteiger partial charge >= 0.3 is 0 Å². The molecule has 138 valence electrons. The maximum Gasteiger partial charge on any atom is 0.226 e. The smallest absolute Gasteiger partial charge is 0.226 e. The van der Waals surface area contributed by atoms with E-state index < -0.39 is 0 Å². The van der Waals surface area contributed by atoms with E-state index >= 15 is 0 Å². The molecule has 0 radical (unpaired) electrons. The van der Waals surface area contributed by atoms with Crippen molar-refractivity contribution in [1.82, 2.24) is 0 Å². The fraction of sp³-hybridized carbons (Fsp3) is 0.333. The van der Waals surface area contributed by atoms with Crippen molar-refractivity contribution < 1.29 is 14.3 Å². The minimum absolute atomic E-state index is 0.0814. The molecule has 5 nitrogen and oxygen atoms in total. The van der Waals surface area contributed by atoms with Crippen molar-refractivity contribution in [2.75, 3.05) is 23.4 Å². The minimum atomic E-state index is -0.135. The number of benzene rings is 2. The van der Waals surface area contributed by atoms with E-state index in [0.717, 1.165) is 17.0 Å². The van der Waals surface area contributed by atoms with Gasteiger partial charge in [0.2, 0.25) is 11.8 Å². The summed E-state index contributed by atoms with van der Waals surface area (Å²) in [5.74, 6) is 0.550. The van der Waals surface area contributed by atoms with Crippen LogP contribution < -0.4 is 15.0 Å². The van der Waals surface area contributed by atoms with Gasteiger partial charge in [-0.3, -0.25) is 9.59 Å². The summed E-state index contributed by atoms with van der Waals surface area (Å²) in [5.41, 5.74) is 3.81. The number of aryl methyl sites for hydroxylation is 2. The monoisotopic (exact) mass is 354 g/mol. The number of hydrogen-bond acceptors (Lipinski definition) is 3. The van der Waals surface area contributed by atoms with Gasteiger partial charge in [-0.1, -0.05) is 6.07 Å². The van der Waals surface area contributed by atoms with Gasteiger partial charge in [-0.15, -0.1) is 0 Å². The van der Waals surface area contributed by atoms with Crippen LogP contribution >= 0.6 is 0 Å². The summed E-state index contributed by atoms with van der Waals surface area (Å²) in [4.78, 5) is 25.8. The first kappa shape index (κ1) is 19.5. The topological polar surface area (TPSA) is 58.6 Å². The lowest BCUT2D eigenvalue weighted by Crippen LogP contribution is -2.32. The van der Waals surface area contributed by atoms with E-state index in [1.54, 1.807) is 17.0 Å². The Balaban J connectivity index is 1.96. The highest BCUT2D eigenvalue weighted by molar-refractivity contribution is 5.94. The van der Waals surface area contributed by atoms with Crippen LogP contribution in [0.3, 0.4) is 0 Å². The van der Waals surface area contributed by atoms with Crippen molar-refractivity contribution in [1.29, 1.82) is 0 Å². The SMILES string of the molecule is CCOc1ccc(NC(=O)CCN(C(C)=O)c2ccc(C)c(C)c2)cc1. The highest BCUT2D eigenvalue weighted by Crippen LogP contribution is 2.20. The third-order valence-electron chi connectivity index (χ3n) is 4.19. The molecule has 0 saturated heterocycles. The standard InChI is InChI=1S/C21H26N2O3/c1-5-26-20-10-7-18(8-11-20)22-21(25)12-13-23(17(4)24)19-9-6-15(2)16(3)14-19/h6-11,14H,5,12-13H2,1-4H3,(H,22,25). The quantitative estimate of drug-likeness (QED) is 0.815. The molecular formula is C21H26N2O3. The predicted octanol–water partition coefficient (Wildman–Crippen LogP) is 4.08. The molecule has 0 aliphatic heterocycles. The highest BCUT2D eigenvalue weighted by Gasteiger charge is 2.14. The van der Waals surface area contributed by atoms with Crippen molar-refractivity contribution in [3.63, 3.8) is 0 Å². The maximum absolute atomic E-state index is 12.2. The van der Waals surface area contributed by atoms with Gasteiger partial charge in [-0.05, 0) is 68.3 Å². The average Bonchev–Trinajstić information content (AvgIpc) is 2.60. The molecule has 0 unspecified atom stereocenters. The summed E-state index contributed by atoms with van der Waals surface area (Å²) >= 11 is 0. The minimum Gasteiger partial charge on any atom is -0.494 e. The summed E-state index contributed by atoms with van der Waals surface area (Å²) in [5, 5.41) is 2.85. The van der Waals surface area contributed by atoms with E-state index in [0.29, 0.717) is 18.8 Å². The zero-order chi connectivity index (χ0) is 19.1. The number of rotatable bonds is 7. The zero-order valence-corrected chi connectivity index (χ0v) is 15.8. The summed E-state index contributed by atoms with van der Waals surface area (Å²) in [7, 11) is 0. The molecule has 26 heavy (non-hydrogen) atoms. The first-order chi connectivity index (χ1) is 12.4. The molecular weight excluding hydrogens is 328 g/mol. The second-order valence-corrected chi connectivity index (χ2v) is 6.19. The molecule has 0 aliphatic rings. The third-order valence-corrected chi connectivity index (χ3v) is 4.19. The number of amides is 2. The van der Waals surface area contributed by atoms with Gasteiger partial charge in [0.05, 0.1) is 6.61 Å². The molecule has 5 heteroatoms. The van der Waals surface area contributed by atoms with Gasteiger partial charge in [0.25, 0.3) is 0 Å². The van der Waals surface area contributed by atoms with Crippen molar-refractivity contribution >= 4 is 23.2 Å².